The van der Waals surface area contributed by atoms with Crippen molar-refractivity contribution in [1.82, 2.24) is 0 Å². The van der Waals surface area contributed by atoms with E-state index in [-0.39, 0.29) is 0 Å². The van der Waals surface area contributed by atoms with E-state index in [1.165, 1.54) is 0 Å². The van der Waals surface area contributed by atoms with Crippen molar-refractivity contribution in [2.45, 2.75) is 20.8 Å². The number of hydrogen-bond donors (Lipinski definition) is 0. The van der Waals surface area contributed by atoms with E-state index in [1.54, 1.807) is 18.9 Å². The highest BCUT2D eigenvalue weighted by molar-refractivity contribution is 7.99. The first-order chi connectivity index (χ1) is 13.2. The van der Waals surface area contributed by atoms with Crippen LogP contribution in [0, 0.1) is 13.8 Å². The first-order valence-corrected chi connectivity index (χ1v) is 10.0. The lowest BCUT2D eigenvalue weighted by Gasteiger charge is -2.14. The molecule has 2 rings (SSSR count). The Balaban J connectivity index is 1.91. The molecule has 0 fully saturated rings. The molecule has 144 valence electrons. The first kappa shape index (κ1) is 20.9. The standard InChI is InChI=1S/C22H27NO3S/c1-5-6-12-25-20-13-17(2)22(18(3)14-20)26-16-27-15-21(23-24-4)19-10-8-7-9-11-19/h5-11,13-14H,12,15-16H2,1-4H3/b6-5+,23-21?. The summed E-state index contributed by atoms with van der Waals surface area (Å²) in [5.74, 6) is 3.02. The maximum absolute atomic E-state index is 6.01. The average Bonchev–Trinajstić information content (AvgIpc) is 2.67. The molecule has 0 heterocycles. The molecule has 0 saturated heterocycles. The van der Waals surface area contributed by atoms with Gasteiger partial charge in [-0.3, -0.25) is 0 Å². The van der Waals surface area contributed by atoms with Crippen molar-refractivity contribution >= 4 is 17.5 Å². The molecule has 2 aromatic rings. The van der Waals surface area contributed by atoms with E-state index in [0.29, 0.717) is 18.3 Å². The van der Waals surface area contributed by atoms with Crippen LogP contribution in [-0.4, -0.2) is 31.1 Å². The van der Waals surface area contributed by atoms with Crippen LogP contribution in [0.3, 0.4) is 0 Å². The lowest BCUT2D eigenvalue weighted by Crippen LogP contribution is -2.07. The summed E-state index contributed by atoms with van der Waals surface area (Å²) in [5, 5.41) is 4.14. The maximum atomic E-state index is 6.01. The molecular formula is C22H27NO3S. The molecule has 0 saturated carbocycles. The Bertz CT molecular complexity index is 749. The second-order valence-corrected chi connectivity index (χ2v) is 6.90. The summed E-state index contributed by atoms with van der Waals surface area (Å²) in [7, 11) is 1.57. The molecule has 5 heteroatoms. The van der Waals surface area contributed by atoms with Crippen LogP contribution in [-0.2, 0) is 4.84 Å². The second-order valence-electron chi connectivity index (χ2n) is 5.96. The van der Waals surface area contributed by atoms with Gasteiger partial charge in [-0.25, -0.2) is 0 Å². The van der Waals surface area contributed by atoms with E-state index in [0.717, 1.165) is 33.9 Å². The minimum atomic E-state index is 0.538. The largest absolute Gasteiger partial charge is 0.490 e. The molecule has 0 aliphatic carbocycles. The third-order valence-electron chi connectivity index (χ3n) is 3.85. The zero-order valence-corrected chi connectivity index (χ0v) is 17.2. The zero-order chi connectivity index (χ0) is 19.5. The Hall–Kier alpha value is -2.40. The third-order valence-corrected chi connectivity index (χ3v) is 4.61. The molecule has 27 heavy (non-hydrogen) atoms. The molecule has 0 unspecified atom stereocenters. The van der Waals surface area contributed by atoms with Gasteiger partial charge < -0.3 is 14.3 Å². The third kappa shape index (κ3) is 6.68. The summed E-state index contributed by atoms with van der Waals surface area (Å²) in [4.78, 5) is 4.98. The summed E-state index contributed by atoms with van der Waals surface area (Å²) >= 11 is 1.66. The fourth-order valence-electron chi connectivity index (χ4n) is 2.60. The fourth-order valence-corrected chi connectivity index (χ4v) is 3.30. The number of aryl methyl sites for hydroxylation is 2. The molecule has 0 amide bonds. The Kier molecular flexibility index (Phi) is 8.78. The van der Waals surface area contributed by atoms with Crippen molar-refractivity contribution in [1.29, 1.82) is 0 Å². The van der Waals surface area contributed by atoms with Crippen molar-refractivity contribution in [3.8, 4) is 11.5 Å². The normalized spacial score (nSPS) is 11.6. The van der Waals surface area contributed by atoms with Crippen LogP contribution in [0.25, 0.3) is 0 Å². The zero-order valence-electron chi connectivity index (χ0n) is 16.4. The maximum Gasteiger partial charge on any atom is 0.134 e. The van der Waals surface area contributed by atoms with E-state index < -0.39 is 0 Å². The highest BCUT2D eigenvalue weighted by Crippen LogP contribution is 2.29. The monoisotopic (exact) mass is 385 g/mol. The van der Waals surface area contributed by atoms with Crippen LogP contribution in [0.4, 0.5) is 0 Å². The predicted molar refractivity (Wildman–Crippen MR) is 114 cm³/mol. The number of ether oxygens (including phenoxy) is 2. The highest BCUT2D eigenvalue weighted by Gasteiger charge is 2.09. The van der Waals surface area contributed by atoms with Gasteiger partial charge in [0.1, 0.15) is 31.2 Å². The Morgan fingerprint density at radius 3 is 2.41 bits per heavy atom. The number of rotatable bonds is 10. The number of thioether (sulfide) groups is 1. The van der Waals surface area contributed by atoms with Crippen molar-refractivity contribution in [2.24, 2.45) is 5.16 Å². The molecule has 0 radical (unpaired) electrons. The minimum absolute atomic E-state index is 0.538. The number of nitrogens with zero attached hydrogens (tertiary/aromatic N) is 1. The lowest BCUT2D eigenvalue weighted by molar-refractivity contribution is 0.213. The first-order valence-electron chi connectivity index (χ1n) is 8.87. The van der Waals surface area contributed by atoms with Crippen LogP contribution >= 0.6 is 11.8 Å². The Morgan fingerprint density at radius 1 is 1.07 bits per heavy atom. The second kappa shape index (κ2) is 11.3. The number of allylic oxidation sites excluding steroid dienone is 1. The molecule has 4 nitrogen and oxygen atoms in total. The molecular weight excluding hydrogens is 358 g/mol. The van der Waals surface area contributed by atoms with E-state index in [9.17, 15) is 0 Å². The minimum Gasteiger partial charge on any atom is -0.490 e. The Labute approximate surface area is 166 Å². The molecule has 0 aliphatic heterocycles. The van der Waals surface area contributed by atoms with E-state index in [1.807, 2.05) is 75.4 Å². The summed E-state index contributed by atoms with van der Waals surface area (Å²) in [5.41, 5.74) is 4.09. The van der Waals surface area contributed by atoms with Crippen LogP contribution in [0.5, 0.6) is 11.5 Å². The summed E-state index contributed by atoms with van der Waals surface area (Å²) in [6, 6.07) is 14.1. The molecule has 0 aliphatic rings. The molecule has 0 spiro atoms. The van der Waals surface area contributed by atoms with Gasteiger partial charge in [0, 0.05) is 11.3 Å². The predicted octanol–water partition coefficient (Wildman–Crippen LogP) is 5.38. The van der Waals surface area contributed by atoms with E-state index >= 15 is 0 Å². The van der Waals surface area contributed by atoms with Crippen molar-refractivity contribution in [2.75, 3.05) is 25.4 Å². The average molecular weight is 386 g/mol. The topological polar surface area (TPSA) is 40.0 Å². The van der Waals surface area contributed by atoms with Gasteiger partial charge in [0.25, 0.3) is 0 Å². The van der Waals surface area contributed by atoms with Crippen LogP contribution in [0.1, 0.15) is 23.6 Å². The van der Waals surface area contributed by atoms with Crippen LogP contribution < -0.4 is 9.47 Å². The van der Waals surface area contributed by atoms with E-state index in [4.69, 9.17) is 14.3 Å². The van der Waals surface area contributed by atoms with Crippen LogP contribution in [0.15, 0.2) is 59.8 Å². The van der Waals surface area contributed by atoms with Crippen molar-refractivity contribution < 1.29 is 14.3 Å². The van der Waals surface area contributed by atoms with Gasteiger partial charge in [0.05, 0.1) is 5.71 Å². The van der Waals surface area contributed by atoms with Gasteiger partial charge in [-0.15, -0.1) is 11.8 Å². The summed E-state index contributed by atoms with van der Waals surface area (Å²) in [6.45, 7) is 6.64. The van der Waals surface area contributed by atoms with E-state index in [2.05, 4.69) is 5.16 Å². The summed E-state index contributed by atoms with van der Waals surface area (Å²) in [6.07, 6.45) is 3.96. The van der Waals surface area contributed by atoms with Gasteiger partial charge in [0.2, 0.25) is 0 Å². The number of benzene rings is 2. The van der Waals surface area contributed by atoms with Gasteiger partial charge in [-0.1, -0.05) is 47.6 Å². The fraction of sp³-hybridized carbons (Fsp3) is 0.318. The molecule has 0 bridgehead atoms. The van der Waals surface area contributed by atoms with Crippen LogP contribution in [0.2, 0.25) is 0 Å². The quantitative estimate of drug-likeness (QED) is 0.181. The molecule has 2 aromatic carbocycles. The molecule has 0 aromatic heterocycles. The van der Waals surface area contributed by atoms with Gasteiger partial charge >= 0.3 is 0 Å². The van der Waals surface area contributed by atoms with Crippen molar-refractivity contribution in [3.63, 3.8) is 0 Å². The Morgan fingerprint density at radius 2 is 1.78 bits per heavy atom. The lowest BCUT2D eigenvalue weighted by atomic mass is 10.1. The SMILES string of the molecule is C/C=C/COc1cc(C)c(OCSCC(=NOC)c2ccccc2)c(C)c1. The highest BCUT2D eigenvalue weighted by atomic mass is 32.2. The number of oxime groups is 1. The summed E-state index contributed by atoms with van der Waals surface area (Å²) < 4.78 is 11.7. The van der Waals surface area contributed by atoms with Crippen molar-refractivity contribution in [3.05, 3.63) is 71.3 Å². The van der Waals surface area contributed by atoms with Gasteiger partial charge in [0.15, 0.2) is 0 Å². The number of hydrogen-bond acceptors (Lipinski definition) is 5. The van der Waals surface area contributed by atoms with Gasteiger partial charge in [-0.2, -0.15) is 0 Å². The molecule has 0 atom stereocenters. The smallest absolute Gasteiger partial charge is 0.134 e. The molecule has 0 N–H and O–H groups in total. The van der Waals surface area contributed by atoms with Gasteiger partial charge in [-0.05, 0) is 44.0 Å².